The Balaban J connectivity index is 0.000000461. The molecule has 2 aliphatic rings. The van der Waals surface area contributed by atoms with Crippen LogP contribution < -0.4 is 5.32 Å². The predicted molar refractivity (Wildman–Crippen MR) is 58.9 cm³/mol. The molecule has 0 aromatic carbocycles. The van der Waals surface area contributed by atoms with Crippen LogP contribution in [0.3, 0.4) is 0 Å². The first kappa shape index (κ1) is 11.3. The molecule has 80 valence electrons. The van der Waals surface area contributed by atoms with Gasteiger partial charge in [-0.3, -0.25) is 4.79 Å². The first-order valence-electron chi connectivity index (χ1n) is 5.54. The summed E-state index contributed by atoms with van der Waals surface area (Å²) in [5, 5.41) is 2.93. The Bertz CT molecular complexity index is 249. The van der Waals surface area contributed by atoms with E-state index < -0.39 is 0 Å². The second kappa shape index (κ2) is 3.76. The lowest BCUT2D eigenvalue weighted by molar-refractivity contribution is -0.124. The lowest BCUT2D eigenvalue weighted by atomic mass is 10.2. The van der Waals surface area contributed by atoms with Crippen molar-refractivity contribution in [1.29, 1.82) is 0 Å². The Morgan fingerprint density at radius 3 is 2.29 bits per heavy atom. The van der Waals surface area contributed by atoms with Crippen LogP contribution in [-0.2, 0) is 4.79 Å². The molecule has 0 unspecified atom stereocenters. The fourth-order valence-corrected chi connectivity index (χ4v) is 2.07. The number of allylic oxidation sites excluding steroid dienone is 1. The van der Waals surface area contributed by atoms with Gasteiger partial charge in [0.15, 0.2) is 0 Å². The number of hydrogen-bond donors (Lipinski definition) is 1. The molecule has 2 rings (SSSR count). The average molecular weight is 195 g/mol. The zero-order valence-electron chi connectivity index (χ0n) is 9.68. The second-order valence-electron chi connectivity index (χ2n) is 4.28. The van der Waals surface area contributed by atoms with Crippen LogP contribution >= 0.6 is 0 Å². The average Bonchev–Trinajstić information content (AvgIpc) is 2.94. The number of rotatable bonds is 3. The molecule has 14 heavy (non-hydrogen) atoms. The maximum Gasteiger partial charge on any atom is 0.227 e. The van der Waals surface area contributed by atoms with Gasteiger partial charge in [-0.1, -0.05) is 32.9 Å². The van der Waals surface area contributed by atoms with Crippen LogP contribution in [0.15, 0.2) is 12.2 Å². The second-order valence-corrected chi connectivity index (χ2v) is 4.28. The molecule has 0 radical (unpaired) electrons. The van der Waals surface area contributed by atoms with Crippen molar-refractivity contribution >= 4 is 5.91 Å². The molecule has 0 spiro atoms. The van der Waals surface area contributed by atoms with E-state index in [1.54, 1.807) is 0 Å². The zero-order valence-corrected chi connectivity index (χ0v) is 9.68. The molecule has 1 amide bonds. The Labute approximate surface area is 86.8 Å². The number of amides is 1. The summed E-state index contributed by atoms with van der Waals surface area (Å²) in [4.78, 5) is 11.5. The van der Waals surface area contributed by atoms with Gasteiger partial charge in [-0.15, -0.1) is 0 Å². The number of nitrogens with one attached hydrogen (secondary N) is 1. The number of hydrogen-bond acceptors (Lipinski definition) is 1. The molecule has 0 aliphatic heterocycles. The third kappa shape index (κ3) is 1.58. The largest absolute Gasteiger partial charge is 0.352 e. The molecule has 2 fully saturated rings. The third-order valence-electron chi connectivity index (χ3n) is 3.34. The first-order valence-corrected chi connectivity index (χ1v) is 5.54. The molecule has 0 aromatic rings. The van der Waals surface area contributed by atoms with Gasteiger partial charge in [-0.05, 0) is 25.2 Å². The molecule has 2 saturated carbocycles. The van der Waals surface area contributed by atoms with E-state index >= 15 is 0 Å². The van der Waals surface area contributed by atoms with E-state index in [-0.39, 0.29) is 11.3 Å². The quantitative estimate of drug-likeness (QED) is 0.689. The summed E-state index contributed by atoms with van der Waals surface area (Å²) in [6.45, 7) is 8.85. The predicted octanol–water partition coefficient (Wildman–Crippen LogP) is 2.51. The summed E-state index contributed by atoms with van der Waals surface area (Å²) >= 11 is 0. The summed E-state index contributed by atoms with van der Waals surface area (Å²) in [5.41, 5.74) is 0.474. The smallest absolute Gasteiger partial charge is 0.227 e. The standard InChI is InChI=1S/C10H15NO.C2H6/c1-3-4-5-11-8(12)10-6-9(10,2)7-10;1-2/h3-4H,5-7H2,1-2H3,(H,11,12);1-2H3/b4-3+;. The van der Waals surface area contributed by atoms with Crippen molar-refractivity contribution in [2.75, 3.05) is 6.54 Å². The van der Waals surface area contributed by atoms with E-state index in [0.717, 1.165) is 12.8 Å². The SMILES string of the molecule is C/C=C/CNC(=O)C12CC1(C)C2.CC. The fourth-order valence-electron chi connectivity index (χ4n) is 2.07. The summed E-state index contributed by atoms with van der Waals surface area (Å²) in [6, 6.07) is 0. The number of carbonyl (C=O) groups is 1. The molecular weight excluding hydrogens is 174 g/mol. The van der Waals surface area contributed by atoms with Crippen molar-refractivity contribution in [3.8, 4) is 0 Å². The van der Waals surface area contributed by atoms with E-state index in [1.807, 2.05) is 32.9 Å². The van der Waals surface area contributed by atoms with Gasteiger partial charge >= 0.3 is 0 Å². The van der Waals surface area contributed by atoms with E-state index in [4.69, 9.17) is 0 Å². The summed E-state index contributed by atoms with van der Waals surface area (Å²) in [7, 11) is 0. The van der Waals surface area contributed by atoms with E-state index in [0.29, 0.717) is 12.0 Å². The minimum absolute atomic E-state index is 0.0780. The minimum Gasteiger partial charge on any atom is -0.352 e. The Kier molecular flexibility index (Phi) is 3.03. The van der Waals surface area contributed by atoms with Crippen LogP contribution in [0.4, 0.5) is 0 Å². The van der Waals surface area contributed by atoms with E-state index in [9.17, 15) is 4.79 Å². The van der Waals surface area contributed by atoms with Crippen LogP contribution in [0, 0.1) is 10.8 Å². The van der Waals surface area contributed by atoms with Crippen molar-refractivity contribution in [3.63, 3.8) is 0 Å². The molecule has 0 aromatic heterocycles. The highest BCUT2D eigenvalue weighted by molar-refractivity contribution is 5.91. The monoisotopic (exact) mass is 195 g/mol. The van der Waals surface area contributed by atoms with Gasteiger partial charge in [0.25, 0.3) is 0 Å². The van der Waals surface area contributed by atoms with Crippen molar-refractivity contribution in [3.05, 3.63) is 12.2 Å². The van der Waals surface area contributed by atoms with Gasteiger partial charge in [0.05, 0.1) is 5.41 Å². The van der Waals surface area contributed by atoms with Crippen molar-refractivity contribution in [1.82, 2.24) is 5.32 Å². The molecule has 0 heterocycles. The maximum absolute atomic E-state index is 11.5. The fraction of sp³-hybridized carbons (Fsp3) is 0.750. The third-order valence-corrected chi connectivity index (χ3v) is 3.34. The molecule has 0 saturated heterocycles. The van der Waals surface area contributed by atoms with Gasteiger partial charge in [0, 0.05) is 6.54 Å². The van der Waals surface area contributed by atoms with Crippen LogP contribution in [-0.4, -0.2) is 12.5 Å². The lowest BCUT2D eigenvalue weighted by Crippen LogP contribution is -2.27. The maximum atomic E-state index is 11.5. The minimum atomic E-state index is 0.0780. The normalized spacial score (nSPS) is 36.9. The highest BCUT2D eigenvalue weighted by atomic mass is 16.2. The molecule has 1 N–H and O–H groups in total. The summed E-state index contributed by atoms with van der Waals surface area (Å²) in [5.74, 6) is 0.267. The zero-order chi connectivity index (χ0) is 10.8. The van der Waals surface area contributed by atoms with Gasteiger partial charge < -0.3 is 5.32 Å². The van der Waals surface area contributed by atoms with Crippen molar-refractivity contribution in [2.24, 2.45) is 10.8 Å². The molecule has 2 heteroatoms. The van der Waals surface area contributed by atoms with Gasteiger partial charge in [0.2, 0.25) is 5.91 Å². The number of fused-ring (bicyclic) bond motifs is 1. The first-order chi connectivity index (χ1) is 6.65. The van der Waals surface area contributed by atoms with Crippen LogP contribution in [0.1, 0.15) is 40.5 Å². The Morgan fingerprint density at radius 2 is 1.93 bits per heavy atom. The van der Waals surface area contributed by atoms with Gasteiger partial charge in [0.1, 0.15) is 0 Å². The Hall–Kier alpha value is -0.790. The van der Waals surface area contributed by atoms with Gasteiger partial charge in [-0.2, -0.15) is 0 Å². The van der Waals surface area contributed by atoms with Crippen LogP contribution in [0.2, 0.25) is 0 Å². The van der Waals surface area contributed by atoms with E-state index in [2.05, 4.69) is 12.2 Å². The molecule has 0 atom stereocenters. The Morgan fingerprint density at radius 1 is 1.43 bits per heavy atom. The molecule has 2 nitrogen and oxygen atoms in total. The highest BCUT2D eigenvalue weighted by Gasteiger charge is 2.83. The summed E-state index contributed by atoms with van der Waals surface area (Å²) in [6.07, 6.45) is 6.15. The molecule has 0 bridgehead atoms. The molecule has 2 aliphatic carbocycles. The summed E-state index contributed by atoms with van der Waals surface area (Å²) < 4.78 is 0. The lowest BCUT2D eigenvalue weighted by Gasteiger charge is -2.02. The van der Waals surface area contributed by atoms with Crippen molar-refractivity contribution in [2.45, 2.75) is 40.5 Å². The molecular formula is C12H21NO. The van der Waals surface area contributed by atoms with Crippen LogP contribution in [0.5, 0.6) is 0 Å². The van der Waals surface area contributed by atoms with Crippen molar-refractivity contribution < 1.29 is 4.79 Å². The van der Waals surface area contributed by atoms with E-state index in [1.165, 1.54) is 0 Å². The van der Waals surface area contributed by atoms with Gasteiger partial charge in [-0.25, -0.2) is 0 Å². The number of carbonyl (C=O) groups excluding carboxylic acids is 1. The topological polar surface area (TPSA) is 29.1 Å². The highest BCUT2D eigenvalue weighted by Crippen LogP contribution is 2.85. The van der Waals surface area contributed by atoms with Crippen LogP contribution in [0.25, 0.3) is 0 Å².